The average Bonchev–Trinajstić information content (AvgIpc) is 3.14. The highest BCUT2D eigenvalue weighted by Gasteiger charge is 2.25. The molecule has 0 radical (unpaired) electrons. The second kappa shape index (κ2) is 8.89. The van der Waals surface area contributed by atoms with E-state index in [9.17, 15) is 18.4 Å². The number of anilines is 2. The molecule has 1 heterocycles. The minimum Gasteiger partial charge on any atom is -0.494 e. The molecule has 0 saturated heterocycles. The Hall–Kier alpha value is -4.20. The van der Waals surface area contributed by atoms with Gasteiger partial charge in [0, 0.05) is 11.1 Å². The van der Waals surface area contributed by atoms with Crippen LogP contribution in [-0.4, -0.2) is 18.4 Å². The number of carbonyl (C=O) groups excluding carboxylic acids is 2. The van der Waals surface area contributed by atoms with Gasteiger partial charge >= 0.3 is 0 Å². The Labute approximate surface area is 181 Å². The van der Waals surface area contributed by atoms with Crippen LogP contribution in [0.3, 0.4) is 0 Å². The summed E-state index contributed by atoms with van der Waals surface area (Å²) < 4.78 is 39.2. The van der Waals surface area contributed by atoms with Crippen LogP contribution in [0.4, 0.5) is 20.2 Å². The largest absolute Gasteiger partial charge is 0.494 e. The van der Waals surface area contributed by atoms with Crippen LogP contribution in [0.5, 0.6) is 5.75 Å². The zero-order valence-corrected chi connectivity index (χ0v) is 16.9. The molecule has 0 atom stereocenters. The van der Waals surface area contributed by atoms with Crippen molar-refractivity contribution in [1.29, 1.82) is 0 Å². The van der Waals surface area contributed by atoms with Crippen molar-refractivity contribution in [2.45, 2.75) is 6.92 Å². The van der Waals surface area contributed by atoms with E-state index in [0.29, 0.717) is 29.0 Å². The van der Waals surface area contributed by atoms with E-state index < -0.39 is 29.0 Å². The number of rotatable bonds is 6. The second-order valence-electron chi connectivity index (χ2n) is 6.76. The topological polar surface area (TPSA) is 80.6 Å². The number of furan rings is 1. The highest BCUT2D eigenvalue weighted by atomic mass is 19.1. The first-order valence-electron chi connectivity index (χ1n) is 9.79. The molecular formula is C24H18F2N2O4. The van der Waals surface area contributed by atoms with Crippen LogP contribution in [-0.2, 0) is 0 Å². The third-order valence-electron chi connectivity index (χ3n) is 4.65. The maximum absolute atomic E-state index is 14.1. The van der Waals surface area contributed by atoms with E-state index in [1.165, 1.54) is 0 Å². The lowest BCUT2D eigenvalue weighted by atomic mass is 10.1. The third kappa shape index (κ3) is 4.15. The summed E-state index contributed by atoms with van der Waals surface area (Å²) in [5, 5.41) is 5.52. The average molecular weight is 436 g/mol. The predicted octanol–water partition coefficient (Wildman–Crippen LogP) is 5.61. The van der Waals surface area contributed by atoms with Gasteiger partial charge in [0.05, 0.1) is 6.61 Å². The van der Waals surface area contributed by atoms with Gasteiger partial charge in [-0.1, -0.05) is 18.2 Å². The Morgan fingerprint density at radius 3 is 2.25 bits per heavy atom. The van der Waals surface area contributed by atoms with Gasteiger partial charge in [-0.2, -0.15) is 0 Å². The molecule has 162 valence electrons. The molecule has 2 N–H and O–H groups in total. The van der Waals surface area contributed by atoms with Crippen molar-refractivity contribution in [3.05, 3.63) is 89.7 Å². The molecule has 0 spiro atoms. The van der Waals surface area contributed by atoms with Gasteiger partial charge in [-0.25, -0.2) is 8.78 Å². The first kappa shape index (κ1) is 21.0. The highest BCUT2D eigenvalue weighted by molar-refractivity contribution is 6.17. The van der Waals surface area contributed by atoms with Crippen molar-refractivity contribution in [1.82, 2.24) is 0 Å². The molecule has 3 aromatic carbocycles. The molecule has 0 bridgehead atoms. The van der Waals surface area contributed by atoms with Gasteiger partial charge in [0.15, 0.2) is 0 Å². The summed E-state index contributed by atoms with van der Waals surface area (Å²) in [5.74, 6) is -3.28. The Balaban J connectivity index is 1.67. The monoisotopic (exact) mass is 436 g/mol. The molecule has 0 unspecified atom stereocenters. The first-order chi connectivity index (χ1) is 15.5. The Morgan fingerprint density at radius 1 is 0.875 bits per heavy atom. The summed E-state index contributed by atoms with van der Waals surface area (Å²) >= 11 is 0. The van der Waals surface area contributed by atoms with Crippen LogP contribution in [0.15, 0.2) is 71.1 Å². The zero-order chi connectivity index (χ0) is 22.7. The fourth-order valence-electron chi connectivity index (χ4n) is 3.21. The maximum atomic E-state index is 14.1. The number of para-hydroxylation sites is 1. The quantitative estimate of drug-likeness (QED) is 0.411. The Morgan fingerprint density at radius 2 is 1.56 bits per heavy atom. The number of ether oxygens (including phenoxy) is 1. The normalized spacial score (nSPS) is 10.7. The van der Waals surface area contributed by atoms with E-state index in [1.54, 1.807) is 48.5 Å². The fourth-order valence-corrected chi connectivity index (χ4v) is 3.21. The van der Waals surface area contributed by atoms with Crippen LogP contribution in [0.1, 0.15) is 27.8 Å². The number of hydrogen-bond donors (Lipinski definition) is 2. The van der Waals surface area contributed by atoms with Gasteiger partial charge in [0.25, 0.3) is 11.8 Å². The summed E-state index contributed by atoms with van der Waals surface area (Å²) in [6, 6.07) is 16.4. The van der Waals surface area contributed by atoms with E-state index in [-0.39, 0.29) is 11.4 Å². The number of fused-ring (bicyclic) bond motifs is 1. The van der Waals surface area contributed by atoms with E-state index in [4.69, 9.17) is 9.15 Å². The molecule has 0 aliphatic rings. The van der Waals surface area contributed by atoms with Crippen LogP contribution in [0.2, 0.25) is 0 Å². The van der Waals surface area contributed by atoms with Crippen LogP contribution < -0.4 is 15.4 Å². The lowest BCUT2D eigenvalue weighted by Crippen LogP contribution is -2.19. The van der Waals surface area contributed by atoms with Gasteiger partial charge in [-0.3, -0.25) is 9.59 Å². The number of hydrogen-bond acceptors (Lipinski definition) is 4. The number of amides is 2. The minimum atomic E-state index is -1.04. The molecule has 0 aliphatic heterocycles. The molecule has 1 aromatic heterocycles. The van der Waals surface area contributed by atoms with Crippen molar-refractivity contribution < 1.29 is 27.5 Å². The van der Waals surface area contributed by atoms with Gasteiger partial charge < -0.3 is 19.8 Å². The number of halogens is 2. The molecule has 0 fully saturated rings. The van der Waals surface area contributed by atoms with E-state index in [1.807, 2.05) is 6.92 Å². The maximum Gasteiger partial charge on any atom is 0.293 e. The molecule has 6 nitrogen and oxygen atoms in total. The van der Waals surface area contributed by atoms with Crippen molar-refractivity contribution in [2.24, 2.45) is 0 Å². The smallest absolute Gasteiger partial charge is 0.293 e. The summed E-state index contributed by atoms with van der Waals surface area (Å²) in [6.07, 6.45) is 0. The summed E-state index contributed by atoms with van der Waals surface area (Å²) in [4.78, 5) is 25.6. The summed E-state index contributed by atoms with van der Waals surface area (Å²) in [7, 11) is 0. The van der Waals surface area contributed by atoms with Gasteiger partial charge in [-0.05, 0) is 55.5 Å². The lowest BCUT2D eigenvalue weighted by Gasteiger charge is -2.09. The molecule has 4 aromatic rings. The lowest BCUT2D eigenvalue weighted by molar-refractivity contribution is 0.0999. The van der Waals surface area contributed by atoms with E-state index in [2.05, 4.69) is 10.6 Å². The SMILES string of the molecule is CCOc1ccc(NC(=O)c2oc3ccccc3c2NC(=O)c2c(F)cccc2F)cc1. The zero-order valence-electron chi connectivity index (χ0n) is 16.9. The number of nitrogens with one attached hydrogen (secondary N) is 2. The van der Waals surface area contributed by atoms with E-state index in [0.717, 1.165) is 18.2 Å². The van der Waals surface area contributed by atoms with Crippen molar-refractivity contribution in [3.8, 4) is 5.75 Å². The summed E-state index contributed by atoms with van der Waals surface area (Å²) in [6.45, 7) is 2.37. The van der Waals surface area contributed by atoms with Crippen LogP contribution >= 0.6 is 0 Å². The van der Waals surface area contributed by atoms with E-state index >= 15 is 0 Å². The Bertz CT molecular complexity index is 1280. The minimum absolute atomic E-state index is 0.0108. The molecule has 0 saturated carbocycles. The molecule has 0 aliphatic carbocycles. The van der Waals surface area contributed by atoms with Crippen molar-refractivity contribution in [2.75, 3.05) is 17.2 Å². The predicted molar refractivity (Wildman–Crippen MR) is 116 cm³/mol. The van der Waals surface area contributed by atoms with Crippen molar-refractivity contribution >= 4 is 34.2 Å². The number of benzene rings is 3. The first-order valence-corrected chi connectivity index (χ1v) is 9.79. The van der Waals surface area contributed by atoms with Gasteiger partial charge in [-0.15, -0.1) is 0 Å². The molecular weight excluding hydrogens is 418 g/mol. The standard InChI is InChI=1S/C24H18F2N2O4/c1-2-31-15-12-10-14(11-13-15)27-24(30)22-21(16-6-3-4-9-19(16)32-22)28-23(29)20-17(25)7-5-8-18(20)26/h3-13H,2H2,1H3,(H,27,30)(H,28,29). The van der Waals surface area contributed by atoms with Gasteiger partial charge in [0.1, 0.15) is 34.2 Å². The second-order valence-corrected chi connectivity index (χ2v) is 6.76. The van der Waals surface area contributed by atoms with Crippen molar-refractivity contribution in [3.63, 3.8) is 0 Å². The molecule has 4 rings (SSSR count). The third-order valence-corrected chi connectivity index (χ3v) is 4.65. The van der Waals surface area contributed by atoms with Crippen LogP contribution in [0, 0.1) is 11.6 Å². The Kier molecular flexibility index (Phi) is 5.85. The summed E-state index contributed by atoms with van der Waals surface area (Å²) in [5.41, 5.74) is 0.0531. The molecule has 8 heteroatoms. The molecule has 2 amide bonds. The van der Waals surface area contributed by atoms with Crippen LogP contribution in [0.25, 0.3) is 11.0 Å². The van der Waals surface area contributed by atoms with Gasteiger partial charge in [0.2, 0.25) is 5.76 Å². The fraction of sp³-hybridized carbons (Fsp3) is 0.0833. The highest BCUT2D eigenvalue weighted by Crippen LogP contribution is 2.32. The number of carbonyl (C=O) groups is 2. The molecule has 32 heavy (non-hydrogen) atoms.